The van der Waals surface area contributed by atoms with E-state index < -0.39 is 5.82 Å². The van der Waals surface area contributed by atoms with Gasteiger partial charge in [-0.15, -0.1) is 0 Å². The molecule has 1 saturated heterocycles. The lowest BCUT2D eigenvalue weighted by Gasteiger charge is -2.19. The molecule has 0 spiro atoms. The van der Waals surface area contributed by atoms with Crippen LogP contribution in [0.4, 0.5) is 10.1 Å². The van der Waals surface area contributed by atoms with Crippen LogP contribution in [-0.2, 0) is 6.54 Å². The summed E-state index contributed by atoms with van der Waals surface area (Å²) in [6.07, 6.45) is 0.965. The van der Waals surface area contributed by atoms with Crippen molar-refractivity contribution in [2.75, 3.05) is 18.0 Å². The van der Waals surface area contributed by atoms with Crippen LogP contribution >= 0.6 is 23.2 Å². The molecule has 0 aliphatic carbocycles. The highest BCUT2D eigenvalue weighted by Crippen LogP contribution is 2.24. The Balaban J connectivity index is 1.59. The smallest absolute Gasteiger partial charge is 0.143 e. The van der Waals surface area contributed by atoms with Crippen LogP contribution in [0.5, 0.6) is 0 Å². The Morgan fingerprint density at radius 2 is 2.08 bits per heavy atom. The summed E-state index contributed by atoms with van der Waals surface area (Å²) in [7, 11) is 0. The minimum absolute atomic E-state index is 0.0741. The SMILES string of the molecule is N#Cc1ccc(N2CC[C@H](NCc3ccc(Cl)cc3Cl)C2)cc1F. The molecule has 124 valence electrons. The average molecular weight is 364 g/mol. The van der Waals surface area contributed by atoms with Crippen molar-refractivity contribution >= 4 is 28.9 Å². The van der Waals surface area contributed by atoms with Crippen molar-refractivity contribution in [2.45, 2.75) is 19.0 Å². The van der Waals surface area contributed by atoms with E-state index in [1.807, 2.05) is 18.2 Å². The van der Waals surface area contributed by atoms with E-state index in [1.165, 1.54) is 12.1 Å². The zero-order valence-electron chi connectivity index (χ0n) is 12.9. The van der Waals surface area contributed by atoms with E-state index in [0.717, 1.165) is 30.8 Å². The molecule has 1 N–H and O–H groups in total. The van der Waals surface area contributed by atoms with Crippen molar-refractivity contribution < 1.29 is 4.39 Å². The maximum absolute atomic E-state index is 13.8. The summed E-state index contributed by atoms with van der Waals surface area (Å²) in [6, 6.07) is 12.4. The number of hydrogen-bond acceptors (Lipinski definition) is 3. The van der Waals surface area contributed by atoms with Gasteiger partial charge in [0.2, 0.25) is 0 Å². The molecule has 0 amide bonds. The Kier molecular flexibility index (Phi) is 5.25. The molecule has 1 heterocycles. The molecule has 0 unspecified atom stereocenters. The van der Waals surface area contributed by atoms with Crippen LogP contribution in [0.3, 0.4) is 0 Å². The number of halogens is 3. The molecule has 1 fully saturated rings. The van der Waals surface area contributed by atoms with Gasteiger partial charge in [0.05, 0.1) is 5.56 Å². The topological polar surface area (TPSA) is 39.1 Å². The number of nitriles is 1. The maximum Gasteiger partial charge on any atom is 0.143 e. The molecule has 3 rings (SSSR count). The molecule has 0 saturated carbocycles. The maximum atomic E-state index is 13.8. The Bertz CT molecular complexity index is 788. The number of hydrogen-bond donors (Lipinski definition) is 1. The van der Waals surface area contributed by atoms with Gasteiger partial charge < -0.3 is 10.2 Å². The van der Waals surface area contributed by atoms with Gasteiger partial charge in [0.1, 0.15) is 11.9 Å². The Labute approximate surface area is 150 Å². The molecule has 0 radical (unpaired) electrons. The number of anilines is 1. The fourth-order valence-electron chi connectivity index (χ4n) is 2.87. The molecule has 0 bridgehead atoms. The third-order valence-electron chi connectivity index (χ3n) is 4.22. The van der Waals surface area contributed by atoms with E-state index in [2.05, 4.69) is 10.2 Å². The van der Waals surface area contributed by atoms with Gasteiger partial charge >= 0.3 is 0 Å². The summed E-state index contributed by atoms with van der Waals surface area (Å²) in [6.45, 7) is 2.30. The molecule has 1 aliphatic heterocycles. The largest absolute Gasteiger partial charge is 0.370 e. The normalized spacial score (nSPS) is 17.1. The first-order valence-electron chi connectivity index (χ1n) is 7.68. The fourth-order valence-corrected chi connectivity index (χ4v) is 3.35. The highest BCUT2D eigenvalue weighted by atomic mass is 35.5. The minimum Gasteiger partial charge on any atom is -0.370 e. The van der Waals surface area contributed by atoms with E-state index >= 15 is 0 Å². The van der Waals surface area contributed by atoms with Gasteiger partial charge in [-0.3, -0.25) is 0 Å². The molecular weight excluding hydrogens is 348 g/mol. The molecular formula is C18H16Cl2FN3. The van der Waals surface area contributed by atoms with Gasteiger partial charge in [0.25, 0.3) is 0 Å². The Hall–Kier alpha value is -1.80. The van der Waals surface area contributed by atoms with E-state index in [4.69, 9.17) is 28.5 Å². The number of nitrogens with zero attached hydrogens (tertiary/aromatic N) is 2. The van der Waals surface area contributed by atoms with Crippen molar-refractivity contribution in [2.24, 2.45) is 0 Å². The van der Waals surface area contributed by atoms with Crippen LogP contribution in [0.15, 0.2) is 36.4 Å². The van der Waals surface area contributed by atoms with Crippen LogP contribution in [0.25, 0.3) is 0 Å². The Morgan fingerprint density at radius 3 is 2.79 bits per heavy atom. The summed E-state index contributed by atoms with van der Waals surface area (Å²) < 4.78 is 13.8. The summed E-state index contributed by atoms with van der Waals surface area (Å²) in [5.74, 6) is -0.473. The second kappa shape index (κ2) is 7.40. The van der Waals surface area contributed by atoms with Crippen molar-refractivity contribution in [3.8, 4) is 6.07 Å². The second-order valence-corrected chi connectivity index (χ2v) is 6.67. The number of rotatable bonds is 4. The quantitative estimate of drug-likeness (QED) is 0.876. The van der Waals surface area contributed by atoms with E-state index in [1.54, 1.807) is 12.1 Å². The molecule has 2 aromatic carbocycles. The first-order valence-corrected chi connectivity index (χ1v) is 8.44. The standard InChI is InChI=1S/C18H16Cl2FN3/c19-14-3-1-13(17(20)7-14)10-23-15-5-6-24(11-15)16-4-2-12(9-22)18(21)8-16/h1-4,7-8,15,23H,5-6,10-11H2/t15-/m0/s1. The average Bonchev–Trinajstić information content (AvgIpc) is 3.03. The summed E-state index contributed by atoms with van der Waals surface area (Å²) in [5.41, 5.74) is 1.88. The highest BCUT2D eigenvalue weighted by Gasteiger charge is 2.23. The van der Waals surface area contributed by atoms with Crippen LogP contribution in [0.1, 0.15) is 17.5 Å². The van der Waals surface area contributed by atoms with Crippen LogP contribution in [0, 0.1) is 17.1 Å². The zero-order chi connectivity index (χ0) is 17.1. The third-order valence-corrected chi connectivity index (χ3v) is 4.81. The van der Waals surface area contributed by atoms with Gasteiger partial charge in [0, 0.05) is 41.4 Å². The van der Waals surface area contributed by atoms with Gasteiger partial charge in [0.15, 0.2) is 0 Å². The lowest BCUT2D eigenvalue weighted by atomic mass is 10.2. The molecule has 3 nitrogen and oxygen atoms in total. The minimum atomic E-state index is -0.473. The van der Waals surface area contributed by atoms with Crippen molar-refractivity contribution in [3.63, 3.8) is 0 Å². The van der Waals surface area contributed by atoms with Crippen LogP contribution in [-0.4, -0.2) is 19.1 Å². The number of benzene rings is 2. The third kappa shape index (κ3) is 3.81. The van der Waals surface area contributed by atoms with Gasteiger partial charge in [-0.05, 0) is 42.3 Å². The Morgan fingerprint density at radius 1 is 1.25 bits per heavy atom. The van der Waals surface area contributed by atoms with E-state index in [0.29, 0.717) is 22.6 Å². The van der Waals surface area contributed by atoms with Crippen LogP contribution in [0.2, 0.25) is 10.0 Å². The first-order chi connectivity index (χ1) is 11.6. The monoisotopic (exact) mass is 363 g/mol. The highest BCUT2D eigenvalue weighted by molar-refractivity contribution is 6.35. The van der Waals surface area contributed by atoms with E-state index in [9.17, 15) is 4.39 Å². The predicted octanol–water partition coefficient (Wildman–Crippen LogP) is 4.37. The van der Waals surface area contributed by atoms with Gasteiger partial charge in [-0.25, -0.2) is 4.39 Å². The second-order valence-electron chi connectivity index (χ2n) is 5.82. The first kappa shape index (κ1) is 17.0. The molecule has 24 heavy (non-hydrogen) atoms. The van der Waals surface area contributed by atoms with Crippen molar-refractivity contribution in [1.29, 1.82) is 5.26 Å². The van der Waals surface area contributed by atoms with Crippen molar-refractivity contribution in [3.05, 3.63) is 63.4 Å². The zero-order valence-corrected chi connectivity index (χ0v) is 14.4. The molecule has 6 heteroatoms. The summed E-state index contributed by atoms with van der Waals surface area (Å²) in [4.78, 5) is 2.12. The summed E-state index contributed by atoms with van der Waals surface area (Å²) in [5, 5.41) is 13.6. The lowest BCUT2D eigenvalue weighted by molar-refractivity contribution is 0.551. The van der Waals surface area contributed by atoms with E-state index in [-0.39, 0.29) is 5.56 Å². The van der Waals surface area contributed by atoms with Crippen molar-refractivity contribution in [1.82, 2.24) is 5.32 Å². The summed E-state index contributed by atoms with van der Waals surface area (Å²) >= 11 is 12.1. The molecule has 2 aromatic rings. The van der Waals surface area contributed by atoms with Crippen LogP contribution < -0.4 is 10.2 Å². The molecule has 1 aliphatic rings. The predicted molar refractivity (Wildman–Crippen MR) is 95.0 cm³/mol. The number of nitrogens with one attached hydrogen (secondary N) is 1. The van der Waals surface area contributed by atoms with Gasteiger partial charge in [-0.1, -0.05) is 29.3 Å². The van der Waals surface area contributed by atoms with Gasteiger partial charge in [-0.2, -0.15) is 5.26 Å². The lowest BCUT2D eigenvalue weighted by Crippen LogP contribution is -2.32. The molecule has 0 aromatic heterocycles. The molecule has 1 atom stereocenters. The fraction of sp³-hybridized carbons (Fsp3) is 0.278.